The summed E-state index contributed by atoms with van der Waals surface area (Å²) in [5.41, 5.74) is -0.244. The van der Waals surface area contributed by atoms with Gasteiger partial charge in [0.05, 0.1) is 16.9 Å². The van der Waals surface area contributed by atoms with Gasteiger partial charge in [-0.05, 0) is 31.0 Å². The van der Waals surface area contributed by atoms with Crippen molar-refractivity contribution in [1.82, 2.24) is 10.2 Å². The molecule has 144 valence electrons. The monoisotopic (exact) mass is 372 g/mol. The summed E-state index contributed by atoms with van der Waals surface area (Å²) in [6, 6.07) is 2.78. The molecular formula is C17H23F3N4O2. The molecule has 1 saturated heterocycles. The average molecular weight is 372 g/mol. The van der Waals surface area contributed by atoms with Gasteiger partial charge in [0.15, 0.2) is 0 Å². The van der Waals surface area contributed by atoms with Crippen molar-refractivity contribution in [2.45, 2.75) is 19.0 Å². The number of nitrogens with one attached hydrogen (secondary N) is 2. The lowest BCUT2D eigenvalue weighted by Crippen LogP contribution is -2.44. The second kappa shape index (κ2) is 7.84. The van der Waals surface area contributed by atoms with Crippen LogP contribution in [0.2, 0.25) is 0 Å². The van der Waals surface area contributed by atoms with Gasteiger partial charge < -0.3 is 20.4 Å². The SMILES string of the molecule is CNC(=O)C1CCN(C(=O)Nc2cc(C(F)(F)F)ccc2N(C)C)CC1. The predicted octanol–water partition coefficient (Wildman–Crippen LogP) is 2.76. The highest BCUT2D eigenvalue weighted by atomic mass is 19.4. The zero-order chi connectivity index (χ0) is 19.5. The zero-order valence-electron chi connectivity index (χ0n) is 15.0. The van der Waals surface area contributed by atoms with Crippen LogP contribution in [0.25, 0.3) is 0 Å². The third-order valence-electron chi connectivity index (χ3n) is 4.45. The van der Waals surface area contributed by atoms with E-state index < -0.39 is 17.8 Å². The lowest BCUT2D eigenvalue weighted by Gasteiger charge is -2.31. The Labute approximate surface area is 150 Å². The van der Waals surface area contributed by atoms with Crippen LogP contribution >= 0.6 is 0 Å². The molecule has 0 saturated carbocycles. The fraction of sp³-hybridized carbons (Fsp3) is 0.529. The van der Waals surface area contributed by atoms with E-state index in [4.69, 9.17) is 0 Å². The van der Waals surface area contributed by atoms with Crippen LogP contribution in [0.5, 0.6) is 0 Å². The number of likely N-dealkylation sites (tertiary alicyclic amines) is 1. The number of hydrogen-bond acceptors (Lipinski definition) is 3. The molecule has 6 nitrogen and oxygen atoms in total. The van der Waals surface area contributed by atoms with E-state index in [0.717, 1.165) is 12.1 Å². The molecule has 0 aromatic heterocycles. The minimum absolute atomic E-state index is 0.0576. The minimum atomic E-state index is -4.49. The van der Waals surface area contributed by atoms with Gasteiger partial charge in [-0.1, -0.05) is 0 Å². The van der Waals surface area contributed by atoms with E-state index in [0.29, 0.717) is 31.6 Å². The van der Waals surface area contributed by atoms with Crippen molar-refractivity contribution in [3.63, 3.8) is 0 Å². The first kappa shape index (κ1) is 19.9. The van der Waals surface area contributed by atoms with Crippen LogP contribution in [0.3, 0.4) is 0 Å². The molecule has 2 rings (SSSR count). The molecule has 1 heterocycles. The quantitative estimate of drug-likeness (QED) is 0.858. The van der Waals surface area contributed by atoms with Crippen LogP contribution in [0.15, 0.2) is 18.2 Å². The Morgan fingerprint density at radius 2 is 1.81 bits per heavy atom. The van der Waals surface area contributed by atoms with E-state index in [1.807, 2.05) is 0 Å². The largest absolute Gasteiger partial charge is 0.416 e. The molecule has 1 aromatic carbocycles. The summed E-state index contributed by atoms with van der Waals surface area (Å²) >= 11 is 0. The molecule has 1 fully saturated rings. The number of carbonyl (C=O) groups excluding carboxylic acids is 2. The summed E-state index contributed by atoms with van der Waals surface area (Å²) in [7, 11) is 4.94. The van der Waals surface area contributed by atoms with Crippen molar-refractivity contribution >= 4 is 23.3 Å². The van der Waals surface area contributed by atoms with Crippen molar-refractivity contribution in [1.29, 1.82) is 0 Å². The molecule has 0 aliphatic carbocycles. The standard InChI is InChI=1S/C17H23F3N4O2/c1-21-15(25)11-6-8-24(9-7-11)16(26)22-13-10-12(17(18,19)20)4-5-14(13)23(2)3/h4-5,10-11H,6-9H2,1-3H3,(H,21,25)(H,22,26). The number of urea groups is 1. The van der Waals surface area contributed by atoms with Gasteiger partial charge in [-0.3, -0.25) is 4.79 Å². The van der Waals surface area contributed by atoms with Crippen LogP contribution in [-0.4, -0.2) is 51.1 Å². The predicted molar refractivity (Wildman–Crippen MR) is 93.2 cm³/mol. The highest BCUT2D eigenvalue weighted by Gasteiger charge is 2.32. The lowest BCUT2D eigenvalue weighted by molar-refractivity contribution is -0.137. The molecule has 1 aliphatic heterocycles. The molecule has 0 atom stereocenters. The van der Waals surface area contributed by atoms with Crippen molar-refractivity contribution in [3.8, 4) is 0 Å². The summed E-state index contributed by atoms with van der Waals surface area (Å²) in [5, 5.41) is 5.17. The summed E-state index contributed by atoms with van der Waals surface area (Å²) in [6.45, 7) is 0.750. The highest BCUT2D eigenvalue weighted by Crippen LogP contribution is 2.35. The molecule has 3 amide bonds. The van der Waals surface area contributed by atoms with Crippen molar-refractivity contribution in [2.75, 3.05) is 44.4 Å². The van der Waals surface area contributed by atoms with Crippen molar-refractivity contribution < 1.29 is 22.8 Å². The van der Waals surface area contributed by atoms with E-state index in [1.165, 1.54) is 11.0 Å². The number of nitrogens with zero attached hydrogens (tertiary/aromatic N) is 2. The maximum absolute atomic E-state index is 13.0. The normalized spacial score (nSPS) is 15.5. The van der Waals surface area contributed by atoms with Crippen molar-refractivity contribution in [2.24, 2.45) is 5.92 Å². The Morgan fingerprint density at radius 1 is 1.19 bits per heavy atom. The first-order valence-electron chi connectivity index (χ1n) is 8.29. The second-order valence-electron chi connectivity index (χ2n) is 6.43. The Bertz CT molecular complexity index is 668. The number of halogens is 3. The summed E-state index contributed by atoms with van der Waals surface area (Å²) in [5.74, 6) is -0.201. The molecule has 0 bridgehead atoms. The van der Waals surface area contributed by atoms with E-state index in [9.17, 15) is 22.8 Å². The van der Waals surface area contributed by atoms with E-state index >= 15 is 0 Å². The van der Waals surface area contributed by atoms with Crippen LogP contribution < -0.4 is 15.5 Å². The summed E-state index contributed by atoms with van der Waals surface area (Å²) in [4.78, 5) is 27.3. The number of piperidine rings is 1. The van der Waals surface area contributed by atoms with Crippen LogP contribution in [-0.2, 0) is 11.0 Å². The third kappa shape index (κ3) is 4.59. The number of alkyl halides is 3. The second-order valence-corrected chi connectivity index (χ2v) is 6.43. The lowest BCUT2D eigenvalue weighted by atomic mass is 9.96. The molecule has 0 radical (unpaired) electrons. The Morgan fingerprint density at radius 3 is 2.31 bits per heavy atom. The molecule has 9 heteroatoms. The number of carbonyl (C=O) groups is 2. The molecule has 1 aliphatic rings. The highest BCUT2D eigenvalue weighted by molar-refractivity contribution is 5.93. The Hall–Kier alpha value is -2.45. The van der Waals surface area contributed by atoms with Gasteiger partial charge in [0.1, 0.15) is 0 Å². The van der Waals surface area contributed by atoms with Gasteiger partial charge in [-0.25, -0.2) is 4.79 Å². The number of hydrogen-bond donors (Lipinski definition) is 2. The van der Waals surface area contributed by atoms with E-state index in [1.54, 1.807) is 26.0 Å². The fourth-order valence-corrected chi connectivity index (χ4v) is 2.95. The van der Waals surface area contributed by atoms with Gasteiger partial charge in [-0.2, -0.15) is 13.2 Å². The number of rotatable bonds is 3. The molecule has 1 aromatic rings. The zero-order valence-corrected chi connectivity index (χ0v) is 15.0. The van der Waals surface area contributed by atoms with E-state index in [-0.39, 0.29) is 17.5 Å². The molecule has 0 spiro atoms. The third-order valence-corrected chi connectivity index (χ3v) is 4.45. The fourth-order valence-electron chi connectivity index (χ4n) is 2.95. The summed E-state index contributed by atoms with van der Waals surface area (Å²) < 4.78 is 38.9. The molecular weight excluding hydrogens is 349 g/mol. The van der Waals surface area contributed by atoms with Gasteiger partial charge in [-0.15, -0.1) is 0 Å². The first-order valence-corrected chi connectivity index (χ1v) is 8.29. The number of amides is 3. The number of benzene rings is 1. The minimum Gasteiger partial charge on any atom is -0.376 e. The first-order chi connectivity index (χ1) is 12.1. The molecule has 2 N–H and O–H groups in total. The average Bonchev–Trinajstić information content (AvgIpc) is 2.60. The van der Waals surface area contributed by atoms with Crippen LogP contribution in [0.4, 0.5) is 29.3 Å². The smallest absolute Gasteiger partial charge is 0.376 e. The molecule has 0 unspecified atom stereocenters. The maximum Gasteiger partial charge on any atom is 0.416 e. The summed E-state index contributed by atoms with van der Waals surface area (Å²) in [6.07, 6.45) is -3.44. The van der Waals surface area contributed by atoms with Crippen molar-refractivity contribution in [3.05, 3.63) is 23.8 Å². The van der Waals surface area contributed by atoms with Crippen LogP contribution in [0.1, 0.15) is 18.4 Å². The van der Waals surface area contributed by atoms with Gasteiger partial charge in [0.25, 0.3) is 0 Å². The maximum atomic E-state index is 13.0. The van der Waals surface area contributed by atoms with Gasteiger partial charge >= 0.3 is 12.2 Å². The van der Waals surface area contributed by atoms with Gasteiger partial charge in [0, 0.05) is 40.2 Å². The van der Waals surface area contributed by atoms with E-state index in [2.05, 4.69) is 10.6 Å². The molecule has 26 heavy (non-hydrogen) atoms. The van der Waals surface area contributed by atoms with Gasteiger partial charge in [0.2, 0.25) is 5.91 Å². The number of anilines is 2. The topological polar surface area (TPSA) is 64.7 Å². The van der Waals surface area contributed by atoms with Crippen LogP contribution in [0, 0.1) is 5.92 Å². The Balaban J connectivity index is 2.12. The Kier molecular flexibility index (Phi) is 5.99.